The third-order valence-corrected chi connectivity index (χ3v) is 1.99. The summed E-state index contributed by atoms with van der Waals surface area (Å²) in [6.07, 6.45) is 0. The smallest absolute Gasteiger partial charge is 0.149 e. The average Bonchev–Trinajstić information content (AvgIpc) is 2.17. The van der Waals surface area contributed by atoms with E-state index in [1.165, 1.54) is 0 Å². The molecule has 0 fully saturated rings. The first kappa shape index (κ1) is 7.86. The third-order valence-electron chi connectivity index (χ3n) is 1.99. The minimum atomic E-state index is 0.682. The maximum Gasteiger partial charge on any atom is 0.149 e. The molecule has 0 radical (unpaired) electrons. The summed E-state index contributed by atoms with van der Waals surface area (Å²) in [5.41, 5.74) is 7.41. The van der Waals surface area contributed by atoms with E-state index in [0.717, 1.165) is 16.7 Å². The predicted molar refractivity (Wildman–Crippen MR) is 55.7 cm³/mol. The lowest BCUT2D eigenvalue weighted by Gasteiger charge is -2.05. The Kier molecular flexibility index (Phi) is 1.77. The van der Waals surface area contributed by atoms with Crippen molar-refractivity contribution in [3.63, 3.8) is 0 Å². The van der Waals surface area contributed by atoms with Gasteiger partial charge in [-0.05, 0) is 12.1 Å². The molecule has 3 N–H and O–H groups in total. The fourth-order valence-corrected chi connectivity index (χ4v) is 1.33. The molecule has 0 aliphatic heterocycles. The maximum atomic E-state index is 5.77. The standard InChI is InChI=1S/C10H11N3/c1-12-10-8(11)6-7-4-2-3-5-9(7)13-10/h2-6H,11H2,1H3,(H,12,13). The number of nitrogens with one attached hydrogen (secondary N) is 1. The van der Waals surface area contributed by atoms with Crippen LogP contribution in [0.4, 0.5) is 11.5 Å². The van der Waals surface area contributed by atoms with Gasteiger partial charge in [0.15, 0.2) is 0 Å². The van der Waals surface area contributed by atoms with Gasteiger partial charge in [-0.25, -0.2) is 4.98 Å². The minimum absolute atomic E-state index is 0.682. The second-order valence-electron chi connectivity index (χ2n) is 2.87. The highest BCUT2D eigenvalue weighted by Gasteiger charge is 2.00. The van der Waals surface area contributed by atoms with Gasteiger partial charge in [-0.2, -0.15) is 0 Å². The van der Waals surface area contributed by atoms with Gasteiger partial charge in [0.2, 0.25) is 0 Å². The third kappa shape index (κ3) is 1.28. The van der Waals surface area contributed by atoms with E-state index in [2.05, 4.69) is 10.3 Å². The highest BCUT2D eigenvalue weighted by atomic mass is 15.0. The number of nitrogens with two attached hydrogens (primary N) is 1. The zero-order valence-electron chi connectivity index (χ0n) is 7.41. The Balaban J connectivity index is 2.74. The Bertz CT molecular complexity index is 437. The Morgan fingerprint density at radius 3 is 2.85 bits per heavy atom. The summed E-state index contributed by atoms with van der Waals surface area (Å²) < 4.78 is 0. The highest BCUT2D eigenvalue weighted by molar-refractivity contribution is 5.85. The van der Waals surface area contributed by atoms with Crippen molar-refractivity contribution >= 4 is 22.4 Å². The van der Waals surface area contributed by atoms with Crippen LogP contribution in [0.1, 0.15) is 0 Å². The summed E-state index contributed by atoms with van der Waals surface area (Å²) in [4.78, 5) is 4.36. The van der Waals surface area contributed by atoms with Gasteiger partial charge in [0, 0.05) is 12.4 Å². The molecule has 0 saturated carbocycles. The van der Waals surface area contributed by atoms with Crippen LogP contribution >= 0.6 is 0 Å². The summed E-state index contributed by atoms with van der Waals surface area (Å²) in [5, 5.41) is 4.02. The van der Waals surface area contributed by atoms with Crippen LogP contribution < -0.4 is 11.1 Å². The quantitative estimate of drug-likeness (QED) is 0.692. The number of anilines is 2. The maximum absolute atomic E-state index is 5.77. The largest absolute Gasteiger partial charge is 0.396 e. The normalized spacial score (nSPS) is 10.2. The monoisotopic (exact) mass is 173 g/mol. The van der Waals surface area contributed by atoms with Crippen LogP contribution in [0.2, 0.25) is 0 Å². The van der Waals surface area contributed by atoms with Crippen molar-refractivity contribution < 1.29 is 0 Å². The molecule has 2 aromatic rings. The summed E-state index contributed by atoms with van der Waals surface area (Å²) in [5.74, 6) is 0.735. The summed E-state index contributed by atoms with van der Waals surface area (Å²) in [7, 11) is 1.81. The lowest BCUT2D eigenvalue weighted by atomic mass is 10.2. The second-order valence-corrected chi connectivity index (χ2v) is 2.87. The van der Waals surface area contributed by atoms with Gasteiger partial charge in [0.1, 0.15) is 5.82 Å². The van der Waals surface area contributed by atoms with Crippen LogP contribution in [0.3, 0.4) is 0 Å². The number of para-hydroxylation sites is 1. The summed E-state index contributed by atoms with van der Waals surface area (Å²) >= 11 is 0. The van der Waals surface area contributed by atoms with E-state index in [1.54, 1.807) is 0 Å². The molecule has 3 heteroatoms. The van der Waals surface area contributed by atoms with Gasteiger partial charge in [-0.15, -0.1) is 0 Å². The molecule has 0 bridgehead atoms. The Morgan fingerprint density at radius 2 is 2.08 bits per heavy atom. The predicted octanol–water partition coefficient (Wildman–Crippen LogP) is 1.86. The van der Waals surface area contributed by atoms with E-state index in [0.29, 0.717) is 5.69 Å². The molecule has 3 nitrogen and oxygen atoms in total. The summed E-state index contributed by atoms with van der Waals surface area (Å²) in [6.45, 7) is 0. The van der Waals surface area contributed by atoms with Crippen LogP contribution in [0.25, 0.3) is 10.9 Å². The van der Waals surface area contributed by atoms with Crippen molar-refractivity contribution in [3.05, 3.63) is 30.3 Å². The molecule has 1 heterocycles. The highest BCUT2D eigenvalue weighted by Crippen LogP contribution is 2.21. The topological polar surface area (TPSA) is 50.9 Å². The molecule has 66 valence electrons. The van der Waals surface area contributed by atoms with Crippen LogP contribution in [-0.4, -0.2) is 12.0 Å². The molecule has 0 aliphatic rings. The number of hydrogen-bond donors (Lipinski definition) is 2. The second kappa shape index (κ2) is 2.94. The first-order valence-corrected chi connectivity index (χ1v) is 4.14. The van der Waals surface area contributed by atoms with Gasteiger partial charge in [-0.3, -0.25) is 0 Å². The Labute approximate surface area is 76.6 Å². The number of nitrogens with zero attached hydrogens (tertiary/aromatic N) is 1. The van der Waals surface area contributed by atoms with E-state index in [9.17, 15) is 0 Å². The van der Waals surface area contributed by atoms with Gasteiger partial charge in [0.25, 0.3) is 0 Å². The molecule has 13 heavy (non-hydrogen) atoms. The molecule has 0 saturated heterocycles. The fraction of sp³-hybridized carbons (Fsp3) is 0.100. The van der Waals surface area contributed by atoms with Crippen LogP contribution in [-0.2, 0) is 0 Å². The number of hydrogen-bond acceptors (Lipinski definition) is 3. The van der Waals surface area contributed by atoms with E-state index >= 15 is 0 Å². The summed E-state index contributed by atoms with van der Waals surface area (Å²) in [6, 6.07) is 9.83. The van der Waals surface area contributed by atoms with Gasteiger partial charge >= 0.3 is 0 Å². The van der Waals surface area contributed by atoms with Crippen molar-refractivity contribution in [3.8, 4) is 0 Å². The molecule has 0 aliphatic carbocycles. The molecule has 0 unspecified atom stereocenters. The zero-order chi connectivity index (χ0) is 9.26. The van der Waals surface area contributed by atoms with Crippen molar-refractivity contribution in [1.29, 1.82) is 0 Å². The lowest BCUT2D eigenvalue weighted by molar-refractivity contribution is 1.35. The van der Waals surface area contributed by atoms with Crippen molar-refractivity contribution in [2.75, 3.05) is 18.1 Å². The number of nitrogen functional groups attached to an aromatic ring is 1. The molecular weight excluding hydrogens is 162 g/mol. The van der Waals surface area contributed by atoms with E-state index in [1.807, 2.05) is 37.4 Å². The van der Waals surface area contributed by atoms with Crippen LogP contribution in [0.5, 0.6) is 0 Å². The van der Waals surface area contributed by atoms with Gasteiger partial charge < -0.3 is 11.1 Å². The van der Waals surface area contributed by atoms with Gasteiger partial charge in [-0.1, -0.05) is 18.2 Å². The molecule has 1 aromatic heterocycles. The number of fused-ring (bicyclic) bond motifs is 1. The van der Waals surface area contributed by atoms with E-state index < -0.39 is 0 Å². The number of pyridine rings is 1. The molecule has 1 aromatic carbocycles. The zero-order valence-corrected chi connectivity index (χ0v) is 7.41. The van der Waals surface area contributed by atoms with Crippen LogP contribution in [0.15, 0.2) is 30.3 Å². The first-order valence-electron chi connectivity index (χ1n) is 4.14. The fourth-order valence-electron chi connectivity index (χ4n) is 1.33. The number of aromatic nitrogens is 1. The SMILES string of the molecule is CNc1nc2ccccc2cc1N. The van der Waals surface area contributed by atoms with Gasteiger partial charge in [0.05, 0.1) is 11.2 Å². The average molecular weight is 173 g/mol. The molecular formula is C10H11N3. The molecule has 0 spiro atoms. The van der Waals surface area contributed by atoms with Crippen molar-refractivity contribution in [2.24, 2.45) is 0 Å². The number of rotatable bonds is 1. The van der Waals surface area contributed by atoms with E-state index in [-0.39, 0.29) is 0 Å². The van der Waals surface area contributed by atoms with Crippen molar-refractivity contribution in [1.82, 2.24) is 4.98 Å². The lowest BCUT2D eigenvalue weighted by Crippen LogP contribution is -1.98. The first-order chi connectivity index (χ1) is 6.31. The van der Waals surface area contributed by atoms with Crippen molar-refractivity contribution in [2.45, 2.75) is 0 Å². The number of benzene rings is 1. The minimum Gasteiger partial charge on any atom is -0.396 e. The Morgan fingerprint density at radius 1 is 1.31 bits per heavy atom. The molecule has 0 amide bonds. The molecule has 0 atom stereocenters. The Hall–Kier alpha value is -1.77. The molecule has 2 rings (SSSR count). The van der Waals surface area contributed by atoms with E-state index in [4.69, 9.17) is 5.73 Å². The van der Waals surface area contributed by atoms with Crippen LogP contribution in [0, 0.1) is 0 Å².